The Bertz CT molecular complexity index is 354. The van der Waals surface area contributed by atoms with Gasteiger partial charge in [-0.3, -0.25) is 9.63 Å². The van der Waals surface area contributed by atoms with E-state index in [0.717, 1.165) is 0 Å². The van der Waals surface area contributed by atoms with Crippen LogP contribution in [0.2, 0.25) is 19.6 Å². The molecule has 0 radical (unpaired) electrons. The van der Waals surface area contributed by atoms with Gasteiger partial charge in [0.2, 0.25) is 0 Å². The van der Waals surface area contributed by atoms with Crippen molar-refractivity contribution in [1.29, 1.82) is 0 Å². The minimum atomic E-state index is -1.28. The standard InChI is InChI=1S/C12H19NO2Si/c1-5-15-13-12(14)10-6-8-11(9-7-10)16(2,3)4/h6-9H,5H2,1-4H3,(H,13,14). The van der Waals surface area contributed by atoms with E-state index < -0.39 is 8.07 Å². The highest BCUT2D eigenvalue weighted by molar-refractivity contribution is 6.88. The van der Waals surface area contributed by atoms with Crippen LogP contribution >= 0.6 is 0 Å². The zero-order valence-electron chi connectivity index (χ0n) is 10.3. The highest BCUT2D eigenvalue weighted by Crippen LogP contribution is 2.04. The summed E-state index contributed by atoms with van der Waals surface area (Å²) in [6.07, 6.45) is 0. The van der Waals surface area contributed by atoms with E-state index >= 15 is 0 Å². The summed E-state index contributed by atoms with van der Waals surface area (Å²) >= 11 is 0. The van der Waals surface area contributed by atoms with Gasteiger partial charge in [-0.05, 0) is 19.1 Å². The van der Waals surface area contributed by atoms with Crippen molar-refractivity contribution in [2.45, 2.75) is 26.6 Å². The molecule has 0 heterocycles. The van der Waals surface area contributed by atoms with Crippen molar-refractivity contribution in [2.24, 2.45) is 0 Å². The first kappa shape index (κ1) is 12.9. The maximum absolute atomic E-state index is 11.5. The number of nitrogens with one attached hydrogen (secondary N) is 1. The summed E-state index contributed by atoms with van der Waals surface area (Å²) in [5.74, 6) is -0.191. The van der Waals surface area contributed by atoms with E-state index in [9.17, 15) is 4.79 Å². The van der Waals surface area contributed by atoms with Crippen LogP contribution in [0.4, 0.5) is 0 Å². The summed E-state index contributed by atoms with van der Waals surface area (Å²) < 4.78 is 0. The smallest absolute Gasteiger partial charge is 0.274 e. The Morgan fingerprint density at radius 2 is 1.81 bits per heavy atom. The predicted molar refractivity (Wildman–Crippen MR) is 68.5 cm³/mol. The monoisotopic (exact) mass is 237 g/mol. The number of carbonyl (C=O) groups excluding carboxylic acids is 1. The normalized spacial score (nSPS) is 11.2. The lowest BCUT2D eigenvalue weighted by molar-refractivity contribution is 0.0364. The second kappa shape index (κ2) is 5.27. The molecule has 3 nitrogen and oxygen atoms in total. The molecule has 4 heteroatoms. The van der Waals surface area contributed by atoms with Crippen molar-refractivity contribution < 1.29 is 9.63 Å². The van der Waals surface area contributed by atoms with E-state index in [4.69, 9.17) is 4.84 Å². The Morgan fingerprint density at radius 3 is 2.25 bits per heavy atom. The maximum atomic E-state index is 11.5. The predicted octanol–water partition coefficient (Wildman–Crippen LogP) is 1.91. The third kappa shape index (κ3) is 3.47. The quantitative estimate of drug-likeness (QED) is 0.642. The van der Waals surface area contributed by atoms with Crippen molar-refractivity contribution in [3.63, 3.8) is 0 Å². The van der Waals surface area contributed by atoms with Crippen LogP contribution in [-0.2, 0) is 4.84 Å². The molecule has 0 saturated heterocycles. The molecule has 0 aliphatic rings. The van der Waals surface area contributed by atoms with Crippen LogP contribution in [0, 0.1) is 0 Å². The third-order valence-electron chi connectivity index (χ3n) is 2.32. The minimum Gasteiger partial charge on any atom is -0.274 e. The molecule has 1 aromatic carbocycles. The number of rotatable bonds is 4. The van der Waals surface area contributed by atoms with Crippen LogP contribution in [-0.4, -0.2) is 20.6 Å². The Hall–Kier alpha value is -1.13. The second-order valence-corrected chi connectivity index (χ2v) is 9.77. The molecule has 1 N–H and O–H groups in total. The number of carbonyl (C=O) groups is 1. The Balaban J connectivity index is 2.75. The Kier molecular flexibility index (Phi) is 4.26. The SMILES string of the molecule is CCONC(=O)c1ccc([Si](C)(C)C)cc1. The van der Waals surface area contributed by atoms with Crippen molar-refractivity contribution in [3.8, 4) is 0 Å². The molecule has 0 aliphatic heterocycles. The second-order valence-electron chi connectivity index (χ2n) is 4.69. The largest absolute Gasteiger partial charge is 0.274 e. The van der Waals surface area contributed by atoms with Crippen LogP contribution in [0.1, 0.15) is 17.3 Å². The van der Waals surface area contributed by atoms with E-state index in [0.29, 0.717) is 12.2 Å². The highest BCUT2D eigenvalue weighted by atomic mass is 28.3. The number of hydrogen-bond donors (Lipinski definition) is 1. The summed E-state index contributed by atoms with van der Waals surface area (Å²) in [4.78, 5) is 16.4. The van der Waals surface area contributed by atoms with E-state index in [1.807, 2.05) is 31.2 Å². The molecular formula is C12H19NO2Si. The fraction of sp³-hybridized carbons (Fsp3) is 0.417. The zero-order valence-corrected chi connectivity index (χ0v) is 11.3. The topological polar surface area (TPSA) is 38.3 Å². The maximum Gasteiger partial charge on any atom is 0.274 e. The van der Waals surface area contributed by atoms with E-state index in [2.05, 4.69) is 25.1 Å². The number of hydrogen-bond acceptors (Lipinski definition) is 2. The molecule has 0 saturated carbocycles. The highest BCUT2D eigenvalue weighted by Gasteiger charge is 2.16. The molecule has 0 fully saturated rings. The van der Waals surface area contributed by atoms with Crippen LogP contribution in [0.15, 0.2) is 24.3 Å². The van der Waals surface area contributed by atoms with E-state index in [1.54, 1.807) is 0 Å². The van der Waals surface area contributed by atoms with Gasteiger partial charge in [0.1, 0.15) is 0 Å². The number of hydroxylamine groups is 1. The first-order valence-electron chi connectivity index (χ1n) is 5.48. The van der Waals surface area contributed by atoms with Crippen LogP contribution in [0.5, 0.6) is 0 Å². The average molecular weight is 237 g/mol. The summed E-state index contributed by atoms with van der Waals surface area (Å²) in [6, 6.07) is 7.77. The van der Waals surface area contributed by atoms with E-state index in [1.165, 1.54) is 5.19 Å². The molecule has 0 atom stereocenters. The molecule has 88 valence electrons. The van der Waals surface area contributed by atoms with Crippen LogP contribution < -0.4 is 10.7 Å². The zero-order chi connectivity index (χ0) is 12.2. The molecule has 0 aliphatic carbocycles. The summed E-state index contributed by atoms with van der Waals surface area (Å²) in [6.45, 7) is 9.14. The molecule has 16 heavy (non-hydrogen) atoms. The van der Waals surface area contributed by atoms with Gasteiger partial charge in [0.25, 0.3) is 5.91 Å². The Labute approximate surface area is 97.8 Å². The lowest BCUT2D eigenvalue weighted by Crippen LogP contribution is -2.37. The van der Waals surface area contributed by atoms with Gasteiger partial charge in [-0.25, -0.2) is 5.48 Å². The minimum absolute atomic E-state index is 0.191. The van der Waals surface area contributed by atoms with Gasteiger partial charge >= 0.3 is 0 Å². The molecule has 0 aromatic heterocycles. The van der Waals surface area contributed by atoms with Gasteiger partial charge in [0.15, 0.2) is 0 Å². The fourth-order valence-electron chi connectivity index (χ4n) is 1.32. The third-order valence-corrected chi connectivity index (χ3v) is 4.39. The molecule has 0 unspecified atom stereocenters. The lowest BCUT2D eigenvalue weighted by Gasteiger charge is -2.16. The summed E-state index contributed by atoms with van der Waals surface area (Å²) in [7, 11) is -1.28. The Morgan fingerprint density at radius 1 is 1.25 bits per heavy atom. The average Bonchev–Trinajstić information content (AvgIpc) is 2.25. The van der Waals surface area contributed by atoms with Gasteiger partial charge in [0, 0.05) is 5.56 Å². The molecule has 0 spiro atoms. The van der Waals surface area contributed by atoms with Crippen molar-refractivity contribution in [1.82, 2.24) is 5.48 Å². The lowest BCUT2D eigenvalue weighted by atomic mass is 10.2. The van der Waals surface area contributed by atoms with Gasteiger partial charge in [-0.15, -0.1) is 0 Å². The van der Waals surface area contributed by atoms with Crippen LogP contribution in [0.3, 0.4) is 0 Å². The van der Waals surface area contributed by atoms with Gasteiger partial charge in [0.05, 0.1) is 14.7 Å². The summed E-state index contributed by atoms with van der Waals surface area (Å²) in [5.41, 5.74) is 3.01. The number of benzene rings is 1. The van der Waals surface area contributed by atoms with Crippen molar-refractivity contribution in [2.75, 3.05) is 6.61 Å². The van der Waals surface area contributed by atoms with Crippen molar-refractivity contribution >= 4 is 19.2 Å². The van der Waals surface area contributed by atoms with Crippen LogP contribution in [0.25, 0.3) is 0 Å². The molecule has 1 amide bonds. The van der Waals surface area contributed by atoms with E-state index in [-0.39, 0.29) is 5.91 Å². The van der Waals surface area contributed by atoms with Gasteiger partial charge < -0.3 is 0 Å². The van der Waals surface area contributed by atoms with Gasteiger partial charge in [-0.2, -0.15) is 0 Å². The first-order valence-corrected chi connectivity index (χ1v) is 8.98. The summed E-state index contributed by atoms with van der Waals surface area (Å²) in [5, 5.41) is 1.35. The molecule has 1 aromatic rings. The molecule has 1 rings (SSSR count). The van der Waals surface area contributed by atoms with Gasteiger partial charge in [-0.1, -0.05) is 37.0 Å². The fourth-order valence-corrected chi connectivity index (χ4v) is 2.48. The molecule has 0 bridgehead atoms. The first-order chi connectivity index (χ1) is 7.45. The number of amides is 1. The van der Waals surface area contributed by atoms with Crippen molar-refractivity contribution in [3.05, 3.63) is 29.8 Å². The molecular weight excluding hydrogens is 218 g/mol.